The summed E-state index contributed by atoms with van der Waals surface area (Å²) in [6, 6.07) is 0. The molecule has 0 atom stereocenters. The third-order valence-corrected chi connectivity index (χ3v) is 0.763. The summed E-state index contributed by atoms with van der Waals surface area (Å²) in [5.74, 6) is 0. The quantitative estimate of drug-likeness (QED) is 0.605. The Balaban J connectivity index is 0. The smallest absolute Gasteiger partial charge is 0 e. The molecule has 0 heterocycles. The van der Waals surface area contributed by atoms with Crippen LogP contribution >= 0.6 is 0 Å². The number of nitrogens with zero attached hydrogens (tertiary/aromatic N) is 1. The first-order valence-electron chi connectivity index (χ1n) is 3.05. The Morgan fingerprint density at radius 3 is 1.62 bits per heavy atom. The molecule has 8 heavy (non-hydrogen) atoms. The van der Waals surface area contributed by atoms with Crippen LogP contribution in [-0.4, -0.2) is 13.1 Å². The van der Waals surface area contributed by atoms with E-state index in [0.29, 0.717) is 0 Å². The molecule has 1 nitrogen and oxygen atoms in total. The summed E-state index contributed by atoms with van der Waals surface area (Å²) >= 11 is 0. The fourth-order valence-electron chi connectivity index (χ4n) is 0.428. The molecule has 0 aliphatic rings. The number of hydrogen-bond acceptors (Lipinski definition) is 0. The average molecular weight is 191 g/mol. The zero-order valence-corrected chi connectivity index (χ0v) is 8.23. The van der Waals surface area contributed by atoms with Gasteiger partial charge in [0.2, 0.25) is 0 Å². The van der Waals surface area contributed by atoms with Crippen molar-refractivity contribution in [3.05, 3.63) is 5.32 Å². The van der Waals surface area contributed by atoms with E-state index in [9.17, 15) is 0 Å². The Hall–Kier alpha value is 0.843. The molecule has 2 heteroatoms. The van der Waals surface area contributed by atoms with Gasteiger partial charge in [-0.3, -0.25) is 0 Å². The van der Waals surface area contributed by atoms with Crippen molar-refractivity contribution < 1.29 is 26.2 Å². The largest absolute Gasteiger partial charge is 0.662 e. The van der Waals surface area contributed by atoms with Gasteiger partial charge in [-0.15, -0.1) is 13.1 Å². The minimum Gasteiger partial charge on any atom is -0.662 e. The summed E-state index contributed by atoms with van der Waals surface area (Å²) in [5, 5.41) is 4.21. The molecule has 0 spiro atoms. The maximum atomic E-state index is 4.21. The number of rotatable bonds is 4. The third kappa shape index (κ3) is 9.96. The zero-order chi connectivity index (χ0) is 5.54. The first kappa shape index (κ1) is 11.6. The second kappa shape index (κ2) is 10.8. The molecule has 0 fully saturated rings. The average Bonchev–Trinajstić information content (AvgIpc) is 1.69. The molecule has 0 aliphatic carbocycles. The fourth-order valence-corrected chi connectivity index (χ4v) is 0.428. The second-order valence-electron chi connectivity index (χ2n) is 1.67. The van der Waals surface area contributed by atoms with Crippen LogP contribution in [-0.2, 0) is 26.2 Å². The molecule has 0 radical (unpaired) electrons. The van der Waals surface area contributed by atoms with Crippen LogP contribution in [0, 0.1) is 0 Å². The van der Waals surface area contributed by atoms with Crippen LogP contribution < -0.4 is 0 Å². The van der Waals surface area contributed by atoms with Gasteiger partial charge in [-0.05, 0) is 0 Å². The minimum atomic E-state index is 0. The predicted octanol–water partition coefficient (Wildman–Crippen LogP) is 2.18. The molecular formula is C6H14NZr-. The summed E-state index contributed by atoms with van der Waals surface area (Å²) < 4.78 is 0. The van der Waals surface area contributed by atoms with Gasteiger partial charge < -0.3 is 5.32 Å². The van der Waals surface area contributed by atoms with Gasteiger partial charge in [0.15, 0.2) is 0 Å². The molecule has 0 amide bonds. The van der Waals surface area contributed by atoms with E-state index in [0.717, 1.165) is 13.1 Å². The molecule has 0 unspecified atom stereocenters. The first-order chi connectivity index (χ1) is 3.41. The molecule has 0 aliphatic heterocycles. The summed E-state index contributed by atoms with van der Waals surface area (Å²) in [4.78, 5) is 0. The van der Waals surface area contributed by atoms with Gasteiger partial charge in [-0.1, -0.05) is 26.7 Å². The Kier molecular flexibility index (Phi) is 15.6. The molecule has 0 rings (SSSR count). The monoisotopic (exact) mass is 190 g/mol. The van der Waals surface area contributed by atoms with Crippen LogP contribution in [0.1, 0.15) is 26.7 Å². The van der Waals surface area contributed by atoms with Crippen molar-refractivity contribution in [3.8, 4) is 0 Å². The van der Waals surface area contributed by atoms with E-state index in [-0.39, 0.29) is 26.2 Å². The van der Waals surface area contributed by atoms with Gasteiger partial charge in [-0.25, -0.2) is 0 Å². The molecule has 0 saturated heterocycles. The molecule has 0 saturated carbocycles. The standard InChI is InChI=1S/C6H14N.Zr/c1-3-5-7-6-4-2;/h3-6H2,1-2H3;/q-1;. The minimum absolute atomic E-state index is 0. The Bertz CT molecular complexity index is 27.7. The maximum absolute atomic E-state index is 4.21. The molecule has 48 valence electrons. The second-order valence-corrected chi connectivity index (χ2v) is 1.67. The van der Waals surface area contributed by atoms with Gasteiger partial charge in [0.25, 0.3) is 0 Å². The molecular weight excluding hydrogens is 177 g/mol. The summed E-state index contributed by atoms with van der Waals surface area (Å²) in [5.41, 5.74) is 0. The first-order valence-corrected chi connectivity index (χ1v) is 3.05. The van der Waals surface area contributed by atoms with E-state index in [2.05, 4.69) is 19.2 Å². The Morgan fingerprint density at radius 1 is 1.00 bits per heavy atom. The van der Waals surface area contributed by atoms with E-state index in [4.69, 9.17) is 0 Å². The van der Waals surface area contributed by atoms with Crippen LogP contribution in [0.4, 0.5) is 0 Å². The maximum Gasteiger partial charge on any atom is 0 e. The van der Waals surface area contributed by atoms with Gasteiger partial charge in [0, 0.05) is 26.2 Å². The van der Waals surface area contributed by atoms with Crippen LogP contribution in [0.5, 0.6) is 0 Å². The number of hydrogen-bond donors (Lipinski definition) is 0. The topological polar surface area (TPSA) is 14.1 Å². The molecule has 0 aromatic heterocycles. The van der Waals surface area contributed by atoms with Crippen molar-refractivity contribution >= 4 is 0 Å². The van der Waals surface area contributed by atoms with Gasteiger partial charge in [-0.2, -0.15) is 0 Å². The Morgan fingerprint density at radius 2 is 1.38 bits per heavy atom. The van der Waals surface area contributed by atoms with Crippen LogP contribution in [0.3, 0.4) is 0 Å². The third-order valence-electron chi connectivity index (χ3n) is 0.763. The SMILES string of the molecule is CCC[N-]CCC.[Zr]. The predicted molar refractivity (Wildman–Crippen MR) is 33.7 cm³/mol. The Labute approximate surface area is 71.4 Å². The summed E-state index contributed by atoms with van der Waals surface area (Å²) in [6.07, 6.45) is 2.39. The normalized spacial score (nSPS) is 8.25. The fraction of sp³-hybridized carbons (Fsp3) is 1.00. The molecule has 0 N–H and O–H groups in total. The molecule has 0 aromatic carbocycles. The van der Waals surface area contributed by atoms with Crippen molar-refractivity contribution in [1.29, 1.82) is 0 Å². The van der Waals surface area contributed by atoms with Crippen molar-refractivity contribution in [3.63, 3.8) is 0 Å². The summed E-state index contributed by atoms with van der Waals surface area (Å²) in [6.45, 7) is 6.40. The van der Waals surface area contributed by atoms with Gasteiger partial charge in [0.1, 0.15) is 0 Å². The van der Waals surface area contributed by atoms with E-state index >= 15 is 0 Å². The van der Waals surface area contributed by atoms with Crippen LogP contribution in [0.15, 0.2) is 0 Å². The van der Waals surface area contributed by atoms with Gasteiger partial charge >= 0.3 is 0 Å². The molecule has 0 bridgehead atoms. The van der Waals surface area contributed by atoms with Crippen molar-refractivity contribution in [2.24, 2.45) is 0 Å². The molecule has 0 aromatic rings. The van der Waals surface area contributed by atoms with Crippen molar-refractivity contribution in [2.75, 3.05) is 13.1 Å². The summed E-state index contributed by atoms with van der Waals surface area (Å²) in [7, 11) is 0. The van der Waals surface area contributed by atoms with E-state index in [1.165, 1.54) is 12.8 Å². The van der Waals surface area contributed by atoms with Crippen molar-refractivity contribution in [1.82, 2.24) is 0 Å². The van der Waals surface area contributed by atoms with Crippen molar-refractivity contribution in [2.45, 2.75) is 26.7 Å². The van der Waals surface area contributed by atoms with E-state index in [1.54, 1.807) is 0 Å². The van der Waals surface area contributed by atoms with E-state index in [1.807, 2.05) is 0 Å². The van der Waals surface area contributed by atoms with Crippen LogP contribution in [0.2, 0.25) is 0 Å². The van der Waals surface area contributed by atoms with E-state index < -0.39 is 0 Å². The zero-order valence-electron chi connectivity index (χ0n) is 5.78. The van der Waals surface area contributed by atoms with Crippen LogP contribution in [0.25, 0.3) is 5.32 Å². The van der Waals surface area contributed by atoms with Gasteiger partial charge in [0.05, 0.1) is 0 Å².